The standard InChI is InChI=1S/C50H32N2O2/c1-3-16-34(17-4-1)51(42-23-13-27-47-49(42)39-21-9-11-25-45(39)53-47)36-31-41-37-20-8-7-15-33(37)29-30-38(41)44(32-36)52(35-18-5-2-6-19-35)43-24-14-28-48-50(43)40-22-10-12-26-46(40)54-48/h1-32H. The first kappa shape index (κ1) is 30.3. The van der Waals surface area contributed by atoms with Crippen molar-refractivity contribution in [2.45, 2.75) is 0 Å². The highest BCUT2D eigenvalue weighted by Crippen LogP contribution is 2.50. The molecule has 0 aliphatic carbocycles. The Hall–Kier alpha value is -7.30. The van der Waals surface area contributed by atoms with Gasteiger partial charge in [-0.3, -0.25) is 0 Å². The molecule has 0 spiro atoms. The van der Waals surface area contributed by atoms with Gasteiger partial charge >= 0.3 is 0 Å². The van der Waals surface area contributed by atoms with E-state index in [-0.39, 0.29) is 0 Å². The second-order valence-corrected chi connectivity index (χ2v) is 13.7. The zero-order valence-corrected chi connectivity index (χ0v) is 29.2. The van der Waals surface area contributed by atoms with Crippen LogP contribution in [-0.4, -0.2) is 0 Å². The summed E-state index contributed by atoms with van der Waals surface area (Å²) in [4.78, 5) is 4.79. The van der Waals surface area contributed by atoms with Crippen LogP contribution in [0.15, 0.2) is 203 Å². The van der Waals surface area contributed by atoms with Crippen LogP contribution in [0.5, 0.6) is 0 Å². The summed E-state index contributed by atoms with van der Waals surface area (Å²) in [6, 6.07) is 68.6. The van der Waals surface area contributed by atoms with Crippen molar-refractivity contribution < 1.29 is 8.83 Å². The van der Waals surface area contributed by atoms with Crippen LogP contribution in [0, 0.1) is 0 Å². The minimum absolute atomic E-state index is 0.852. The second kappa shape index (κ2) is 12.1. The highest BCUT2D eigenvalue weighted by atomic mass is 16.3. The van der Waals surface area contributed by atoms with Crippen LogP contribution in [0.4, 0.5) is 34.1 Å². The first-order valence-electron chi connectivity index (χ1n) is 18.3. The molecular formula is C50H32N2O2. The molecule has 9 aromatic carbocycles. The summed E-state index contributed by atoms with van der Waals surface area (Å²) < 4.78 is 12.9. The number of nitrogens with zero attached hydrogens (tertiary/aromatic N) is 2. The van der Waals surface area contributed by atoms with Gasteiger partial charge in [0.2, 0.25) is 0 Å². The second-order valence-electron chi connectivity index (χ2n) is 13.7. The molecule has 254 valence electrons. The summed E-state index contributed by atoms with van der Waals surface area (Å²) in [6.07, 6.45) is 0. The summed E-state index contributed by atoms with van der Waals surface area (Å²) in [7, 11) is 0. The fourth-order valence-electron chi connectivity index (χ4n) is 8.27. The zero-order valence-electron chi connectivity index (χ0n) is 29.2. The van der Waals surface area contributed by atoms with Gasteiger partial charge in [-0.1, -0.05) is 121 Å². The largest absolute Gasteiger partial charge is 0.456 e. The summed E-state index contributed by atoms with van der Waals surface area (Å²) in [5, 5.41) is 9.01. The highest BCUT2D eigenvalue weighted by molar-refractivity contribution is 6.19. The molecule has 0 saturated heterocycles. The Morgan fingerprint density at radius 3 is 1.41 bits per heavy atom. The number of rotatable bonds is 6. The van der Waals surface area contributed by atoms with E-state index < -0.39 is 0 Å². The van der Waals surface area contributed by atoms with Crippen molar-refractivity contribution in [1.82, 2.24) is 0 Å². The Bertz CT molecular complexity index is 3180. The maximum atomic E-state index is 6.46. The minimum atomic E-state index is 0.852. The first-order chi connectivity index (χ1) is 26.8. The van der Waals surface area contributed by atoms with Crippen LogP contribution in [0.3, 0.4) is 0 Å². The van der Waals surface area contributed by atoms with Crippen LogP contribution in [-0.2, 0) is 0 Å². The Morgan fingerprint density at radius 1 is 0.278 bits per heavy atom. The van der Waals surface area contributed by atoms with E-state index >= 15 is 0 Å². The van der Waals surface area contributed by atoms with Crippen LogP contribution in [0.25, 0.3) is 65.4 Å². The molecule has 0 unspecified atom stereocenters. The van der Waals surface area contributed by atoms with Gasteiger partial charge < -0.3 is 18.6 Å². The van der Waals surface area contributed by atoms with E-state index in [0.29, 0.717) is 0 Å². The number of benzene rings is 9. The van der Waals surface area contributed by atoms with E-state index in [1.54, 1.807) is 0 Å². The quantitative estimate of drug-likeness (QED) is 0.162. The number of anilines is 6. The lowest BCUT2D eigenvalue weighted by Gasteiger charge is -2.31. The Morgan fingerprint density at radius 2 is 0.778 bits per heavy atom. The molecule has 2 heterocycles. The van der Waals surface area contributed by atoms with Gasteiger partial charge in [-0.15, -0.1) is 0 Å². The molecule has 0 radical (unpaired) electrons. The predicted molar refractivity (Wildman–Crippen MR) is 225 cm³/mol. The average molecular weight is 693 g/mol. The molecule has 4 nitrogen and oxygen atoms in total. The van der Waals surface area contributed by atoms with Gasteiger partial charge in [-0.05, 0) is 89.0 Å². The van der Waals surface area contributed by atoms with Crippen molar-refractivity contribution >= 4 is 99.5 Å². The topological polar surface area (TPSA) is 32.8 Å². The molecule has 0 atom stereocenters. The molecule has 0 amide bonds. The summed E-state index contributed by atoms with van der Waals surface area (Å²) in [5.74, 6) is 0. The normalized spacial score (nSPS) is 11.7. The van der Waals surface area contributed by atoms with Crippen molar-refractivity contribution in [3.8, 4) is 0 Å². The minimum Gasteiger partial charge on any atom is -0.456 e. The van der Waals surface area contributed by atoms with Gasteiger partial charge in [0.15, 0.2) is 0 Å². The molecule has 0 N–H and O–H groups in total. The summed E-state index contributed by atoms with van der Waals surface area (Å²) in [5.41, 5.74) is 9.72. The lowest BCUT2D eigenvalue weighted by atomic mass is 9.97. The molecule has 11 rings (SSSR count). The molecule has 2 aromatic heterocycles. The maximum absolute atomic E-state index is 6.46. The number of hydrogen-bond donors (Lipinski definition) is 0. The molecule has 0 fully saturated rings. The van der Waals surface area contributed by atoms with Crippen LogP contribution in [0.1, 0.15) is 0 Å². The van der Waals surface area contributed by atoms with Crippen molar-refractivity contribution in [3.05, 3.63) is 194 Å². The van der Waals surface area contributed by atoms with E-state index in [1.807, 2.05) is 24.3 Å². The third-order valence-corrected chi connectivity index (χ3v) is 10.6. The van der Waals surface area contributed by atoms with Crippen LogP contribution >= 0.6 is 0 Å². The predicted octanol–water partition coefficient (Wildman–Crippen LogP) is 14.7. The molecule has 0 aliphatic rings. The van der Waals surface area contributed by atoms with Crippen LogP contribution < -0.4 is 9.80 Å². The fourth-order valence-corrected chi connectivity index (χ4v) is 8.27. The van der Waals surface area contributed by atoms with Crippen molar-refractivity contribution in [3.63, 3.8) is 0 Å². The number of hydrogen-bond acceptors (Lipinski definition) is 4. The van der Waals surface area contributed by atoms with Gasteiger partial charge in [0.05, 0.1) is 27.8 Å². The van der Waals surface area contributed by atoms with E-state index in [4.69, 9.17) is 8.83 Å². The van der Waals surface area contributed by atoms with E-state index in [0.717, 1.165) is 88.8 Å². The number of furan rings is 2. The molecule has 0 aliphatic heterocycles. The third-order valence-electron chi connectivity index (χ3n) is 10.6. The van der Waals surface area contributed by atoms with Crippen LogP contribution in [0.2, 0.25) is 0 Å². The van der Waals surface area contributed by atoms with E-state index in [1.165, 1.54) is 10.8 Å². The van der Waals surface area contributed by atoms with Crippen molar-refractivity contribution in [2.75, 3.05) is 9.80 Å². The highest BCUT2D eigenvalue weighted by Gasteiger charge is 2.25. The van der Waals surface area contributed by atoms with Gasteiger partial charge in [-0.25, -0.2) is 0 Å². The SMILES string of the molecule is c1ccc(N(c2cc(N(c3ccccc3)c3cccc4oc5ccccc5c34)c3ccc4ccccc4c3c2)c2cccc3oc4ccccc4c23)cc1. The Kier molecular flexibility index (Phi) is 6.82. The van der Waals surface area contributed by atoms with Gasteiger partial charge in [0.1, 0.15) is 22.3 Å². The number of fused-ring (bicyclic) bond motifs is 9. The van der Waals surface area contributed by atoms with Crippen molar-refractivity contribution in [1.29, 1.82) is 0 Å². The third kappa shape index (κ3) is 4.70. The van der Waals surface area contributed by atoms with Gasteiger partial charge in [-0.2, -0.15) is 0 Å². The average Bonchev–Trinajstić information content (AvgIpc) is 3.81. The lowest BCUT2D eigenvalue weighted by molar-refractivity contribution is 0.668. The molecule has 0 bridgehead atoms. The number of para-hydroxylation sites is 4. The summed E-state index contributed by atoms with van der Waals surface area (Å²) >= 11 is 0. The fraction of sp³-hybridized carbons (Fsp3) is 0. The Balaban J connectivity index is 1.28. The summed E-state index contributed by atoms with van der Waals surface area (Å²) in [6.45, 7) is 0. The molecule has 4 heteroatoms. The Labute approximate surface area is 311 Å². The maximum Gasteiger partial charge on any atom is 0.137 e. The molecule has 11 aromatic rings. The first-order valence-corrected chi connectivity index (χ1v) is 18.3. The molecular weight excluding hydrogens is 661 g/mol. The lowest BCUT2D eigenvalue weighted by Crippen LogP contribution is -2.14. The smallest absolute Gasteiger partial charge is 0.137 e. The van der Waals surface area contributed by atoms with E-state index in [9.17, 15) is 0 Å². The van der Waals surface area contributed by atoms with Gasteiger partial charge in [0, 0.05) is 33.2 Å². The monoisotopic (exact) mass is 692 g/mol. The molecule has 54 heavy (non-hydrogen) atoms. The van der Waals surface area contributed by atoms with E-state index in [2.05, 4.69) is 180 Å². The zero-order chi connectivity index (χ0) is 35.6. The van der Waals surface area contributed by atoms with Gasteiger partial charge in [0.25, 0.3) is 0 Å². The molecule has 0 saturated carbocycles. The van der Waals surface area contributed by atoms with Crippen molar-refractivity contribution in [2.24, 2.45) is 0 Å².